The van der Waals surface area contributed by atoms with Gasteiger partial charge in [-0.3, -0.25) is 10.1 Å². The van der Waals surface area contributed by atoms with Crippen LogP contribution in [0.3, 0.4) is 0 Å². The fourth-order valence-electron chi connectivity index (χ4n) is 1.85. The van der Waals surface area contributed by atoms with Gasteiger partial charge in [-0.15, -0.1) is 0 Å². The standard InChI is InChI=1S/C15H13NO2/c1-11-10-14(8-9-15(11)16(17)18)12(2)13-6-4-3-5-7-13/h3-10H,2H2,1H3. The van der Waals surface area contributed by atoms with Crippen LogP contribution in [0, 0.1) is 17.0 Å². The summed E-state index contributed by atoms with van der Waals surface area (Å²) in [4.78, 5) is 10.4. The van der Waals surface area contributed by atoms with Crippen molar-refractivity contribution in [3.8, 4) is 0 Å². The second-order valence-electron chi connectivity index (χ2n) is 4.10. The van der Waals surface area contributed by atoms with Gasteiger partial charge in [-0.25, -0.2) is 0 Å². The van der Waals surface area contributed by atoms with Crippen LogP contribution in [0.1, 0.15) is 16.7 Å². The SMILES string of the molecule is C=C(c1ccccc1)c1ccc([N+](=O)[O-])c(C)c1. The lowest BCUT2D eigenvalue weighted by molar-refractivity contribution is -0.385. The zero-order chi connectivity index (χ0) is 13.1. The smallest absolute Gasteiger partial charge is 0.258 e. The molecule has 2 aromatic carbocycles. The highest BCUT2D eigenvalue weighted by molar-refractivity contribution is 5.78. The zero-order valence-corrected chi connectivity index (χ0v) is 10.1. The molecule has 18 heavy (non-hydrogen) atoms. The van der Waals surface area contributed by atoms with Crippen molar-refractivity contribution >= 4 is 11.3 Å². The summed E-state index contributed by atoms with van der Waals surface area (Å²) in [6.07, 6.45) is 0. The summed E-state index contributed by atoms with van der Waals surface area (Å²) in [5.41, 5.74) is 3.58. The van der Waals surface area contributed by atoms with Crippen molar-refractivity contribution in [3.63, 3.8) is 0 Å². The summed E-state index contributed by atoms with van der Waals surface area (Å²) in [5.74, 6) is 0. The quantitative estimate of drug-likeness (QED) is 0.601. The molecule has 0 saturated heterocycles. The molecule has 0 aliphatic rings. The van der Waals surface area contributed by atoms with Crippen molar-refractivity contribution < 1.29 is 4.92 Å². The van der Waals surface area contributed by atoms with E-state index in [9.17, 15) is 10.1 Å². The van der Waals surface area contributed by atoms with Crippen molar-refractivity contribution in [2.24, 2.45) is 0 Å². The Hall–Kier alpha value is -2.42. The molecule has 2 rings (SSSR count). The Morgan fingerprint density at radius 2 is 1.78 bits per heavy atom. The van der Waals surface area contributed by atoms with Crippen LogP contribution in [0.15, 0.2) is 55.1 Å². The molecule has 0 heterocycles. The third-order valence-electron chi connectivity index (χ3n) is 2.86. The molecular weight excluding hydrogens is 226 g/mol. The van der Waals surface area contributed by atoms with Crippen LogP contribution in [0.4, 0.5) is 5.69 Å². The van der Waals surface area contributed by atoms with Crippen molar-refractivity contribution in [2.45, 2.75) is 6.92 Å². The first-order chi connectivity index (χ1) is 8.59. The highest BCUT2D eigenvalue weighted by Crippen LogP contribution is 2.26. The predicted molar refractivity (Wildman–Crippen MR) is 72.4 cm³/mol. The summed E-state index contributed by atoms with van der Waals surface area (Å²) in [6.45, 7) is 5.78. The normalized spacial score (nSPS) is 10.1. The first-order valence-electron chi connectivity index (χ1n) is 5.59. The number of hydrogen-bond acceptors (Lipinski definition) is 2. The maximum absolute atomic E-state index is 10.8. The highest BCUT2D eigenvalue weighted by atomic mass is 16.6. The van der Waals surface area contributed by atoms with E-state index in [-0.39, 0.29) is 10.6 Å². The Kier molecular flexibility index (Phi) is 3.24. The van der Waals surface area contributed by atoms with E-state index >= 15 is 0 Å². The topological polar surface area (TPSA) is 43.1 Å². The lowest BCUT2D eigenvalue weighted by atomic mass is 9.98. The number of nitro benzene ring substituents is 1. The Labute approximate surface area is 106 Å². The van der Waals surface area contributed by atoms with Gasteiger partial charge in [0, 0.05) is 11.6 Å². The fourth-order valence-corrected chi connectivity index (χ4v) is 1.85. The maximum Gasteiger partial charge on any atom is 0.272 e. The molecule has 0 spiro atoms. The number of hydrogen-bond donors (Lipinski definition) is 0. The van der Waals surface area contributed by atoms with Crippen molar-refractivity contribution in [1.82, 2.24) is 0 Å². The number of nitro groups is 1. The lowest BCUT2D eigenvalue weighted by Gasteiger charge is -2.07. The first kappa shape index (κ1) is 12.0. The van der Waals surface area contributed by atoms with Gasteiger partial charge in [-0.2, -0.15) is 0 Å². The molecule has 0 bridgehead atoms. The minimum Gasteiger partial charge on any atom is -0.258 e. The van der Waals surface area contributed by atoms with Crippen molar-refractivity contribution in [2.75, 3.05) is 0 Å². The summed E-state index contributed by atoms with van der Waals surface area (Å²) in [7, 11) is 0. The molecular formula is C15H13NO2. The van der Waals surface area contributed by atoms with E-state index in [1.165, 1.54) is 6.07 Å². The van der Waals surface area contributed by atoms with Crippen LogP contribution >= 0.6 is 0 Å². The molecule has 2 aromatic rings. The molecule has 3 nitrogen and oxygen atoms in total. The largest absolute Gasteiger partial charge is 0.272 e. The van der Waals surface area contributed by atoms with Crippen molar-refractivity contribution in [3.05, 3.63) is 81.9 Å². The average molecular weight is 239 g/mol. The third kappa shape index (κ3) is 2.30. The minimum absolute atomic E-state index is 0.139. The van der Waals surface area contributed by atoms with Gasteiger partial charge in [0.05, 0.1) is 4.92 Å². The van der Waals surface area contributed by atoms with E-state index in [1.54, 1.807) is 19.1 Å². The van der Waals surface area contributed by atoms with Crippen LogP contribution < -0.4 is 0 Å². The fraction of sp³-hybridized carbons (Fsp3) is 0.0667. The molecule has 0 amide bonds. The average Bonchev–Trinajstić information content (AvgIpc) is 2.38. The maximum atomic E-state index is 10.8. The van der Waals surface area contributed by atoms with Gasteiger partial charge in [0.2, 0.25) is 0 Å². The van der Waals surface area contributed by atoms with Crippen LogP contribution in [-0.4, -0.2) is 4.92 Å². The summed E-state index contributed by atoms with van der Waals surface area (Å²) in [5, 5.41) is 10.8. The van der Waals surface area contributed by atoms with E-state index in [0.29, 0.717) is 5.56 Å². The van der Waals surface area contributed by atoms with Crippen molar-refractivity contribution in [1.29, 1.82) is 0 Å². The van der Waals surface area contributed by atoms with E-state index < -0.39 is 0 Å². The zero-order valence-electron chi connectivity index (χ0n) is 10.1. The molecule has 0 aliphatic carbocycles. The van der Waals surface area contributed by atoms with E-state index in [0.717, 1.165) is 16.7 Å². The second kappa shape index (κ2) is 4.84. The molecule has 3 heteroatoms. The Bertz CT molecular complexity index is 603. The Balaban J connectivity index is 2.39. The molecule has 0 unspecified atom stereocenters. The molecule has 0 fully saturated rings. The lowest BCUT2D eigenvalue weighted by Crippen LogP contribution is -1.93. The number of aryl methyl sites for hydroxylation is 1. The summed E-state index contributed by atoms with van der Waals surface area (Å²) in [6, 6.07) is 14.8. The molecule has 0 saturated carbocycles. The van der Waals surface area contributed by atoms with Crippen LogP contribution in [0.5, 0.6) is 0 Å². The molecule has 0 aliphatic heterocycles. The second-order valence-corrected chi connectivity index (χ2v) is 4.10. The first-order valence-corrected chi connectivity index (χ1v) is 5.59. The summed E-state index contributed by atoms with van der Waals surface area (Å²) >= 11 is 0. The van der Waals surface area contributed by atoms with Gasteiger partial charge in [-0.1, -0.05) is 36.9 Å². The van der Waals surface area contributed by atoms with Crippen LogP contribution in [0.25, 0.3) is 5.57 Å². The number of benzene rings is 2. The third-order valence-corrected chi connectivity index (χ3v) is 2.86. The predicted octanol–water partition coefficient (Wildman–Crippen LogP) is 3.96. The van der Waals surface area contributed by atoms with E-state index in [2.05, 4.69) is 6.58 Å². The molecule has 0 atom stereocenters. The van der Waals surface area contributed by atoms with Gasteiger partial charge >= 0.3 is 0 Å². The van der Waals surface area contributed by atoms with E-state index in [1.807, 2.05) is 30.3 Å². The molecule has 0 N–H and O–H groups in total. The highest BCUT2D eigenvalue weighted by Gasteiger charge is 2.11. The molecule has 90 valence electrons. The Morgan fingerprint density at radius 1 is 1.11 bits per heavy atom. The Morgan fingerprint density at radius 3 is 2.33 bits per heavy atom. The van der Waals surface area contributed by atoms with Gasteiger partial charge in [0.15, 0.2) is 0 Å². The monoisotopic (exact) mass is 239 g/mol. The van der Waals surface area contributed by atoms with E-state index in [4.69, 9.17) is 0 Å². The van der Waals surface area contributed by atoms with Crippen LogP contribution in [-0.2, 0) is 0 Å². The van der Waals surface area contributed by atoms with Gasteiger partial charge in [-0.05, 0) is 35.8 Å². The van der Waals surface area contributed by atoms with Gasteiger partial charge in [0.25, 0.3) is 5.69 Å². The molecule has 0 radical (unpaired) electrons. The number of rotatable bonds is 3. The minimum atomic E-state index is -0.371. The van der Waals surface area contributed by atoms with Crippen LogP contribution in [0.2, 0.25) is 0 Å². The number of nitrogens with zero attached hydrogens (tertiary/aromatic N) is 1. The van der Waals surface area contributed by atoms with Gasteiger partial charge < -0.3 is 0 Å². The summed E-state index contributed by atoms with van der Waals surface area (Å²) < 4.78 is 0. The van der Waals surface area contributed by atoms with Gasteiger partial charge in [0.1, 0.15) is 0 Å². The molecule has 0 aromatic heterocycles.